The predicted octanol–water partition coefficient (Wildman–Crippen LogP) is 2.60. The van der Waals surface area contributed by atoms with Gasteiger partial charge in [-0.05, 0) is 25.1 Å². The Kier molecular flexibility index (Phi) is 6.56. The third kappa shape index (κ3) is 5.65. The number of halogens is 6. The van der Waals surface area contributed by atoms with Crippen LogP contribution in [-0.4, -0.2) is 51.5 Å². The number of nitrogens with one attached hydrogen (secondary N) is 3. The van der Waals surface area contributed by atoms with E-state index in [1.807, 2.05) is 0 Å². The molecule has 34 heavy (non-hydrogen) atoms. The van der Waals surface area contributed by atoms with E-state index in [0.29, 0.717) is 17.8 Å². The van der Waals surface area contributed by atoms with Crippen molar-refractivity contribution in [2.45, 2.75) is 19.3 Å². The van der Waals surface area contributed by atoms with Gasteiger partial charge in [0.2, 0.25) is 0 Å². The van der Waals surface area contributed by atoms with Crippen molar-refractivity contribution in [1.82, 2.24) is 31.0 Å². The van der Waals surface area contributed by atoms with Crippen molar-refractivity contribution < 1.29 is 35.9 Å². The molecule has 0 radical (unpaired) electrons. The highest BCUT2D eigenvalue weighted by atomic mass is 19.4. The molecule has 0 saturated carbocycles. The molecule has 2 amide bonds. The van der Waals surface area contributed by atoms with Crippen molar-refractivity contribution in [3.63, 3.8) is 0 Å². The van der Waals surface area contributed by atoms with Crippen molar-refractivity contribution in [2.24, 2.45) is 5.10 Å². The summed E-state index contributed by atoms with van der Waals surface area (Å²) in [5.74, 6) is -1.55. The van der Waals surface area contributed by atoms with Gasteiger partial charge in [0.05, 0.1) is 22.9 Å². The second-order valence-electron chi connectivity index (χ2n) is 7.16. The van der Waals surface area contributed by atoms with Crippen LogP contribution in [0.3, 0.4) is 0 Å². The van der Waals surface area contributed by atoms with Crippen LogP contribution in [0.25, 0.3) is 0 Å². The lowest BCUT2D eigenvalue weighted by molar-refractivity contribution is -0.143. The molecule has 15 heteroatoms. The first-order valence-corrected chi connectivity index (χ1v) is 9.40. The number of hydrazine groups is 1. The summed E-state index contributed by atoms with van der Waals surface area (Å²) in [6.45, 7) is 1.54. The van der Waals surface area contributed by atoms with E-state index in [-0.39, 0.29) is 24.1 Å². The Balaban J connectivity index is 1.73. The Bertz CT molecular complexity index is 1120. The molecule has 0 bridgehead atoms. The summed E-state index contributed by atoms with van der Waals surface area (Å²) in [7, 11) is 1.41. The van der Waals surface area contributed by atoms with Gasteiger partial charge in [-0.1, -0.05) is 0 Å². The molecule has 0 aliphatic carbocycles. The van der Waals surface area contributed by atoms with Crippen LogP contribution in [0.4, 0.5) is 26.3 Å². The minimum Gasteiger partial charge on any atom is -0.338 e. The number of hydrazone groups is 1. The zero-order valence-electron chi connectivity index (χ0n) is 17.5. The first-order valence-electron chi connectivity index (χ1n) is 9.40. The number of nitrogens with zero attached hydrogens (tertiary/aromatic N) is 4. The summed E-state index contributed by atoms with van der Waals surface area (Å²) in [5, 5.41) is 11.3. The molecule has 0 atom stereocenters. The maximum Gasteiger partial charge on any atom is 0.416 e. The van der Waals surface area contributed by atoms with Crippen molar-refractivity contribution in [3.05, 3.63) is 64.6 Å². The summed E-state index contributed by atoms with van der Waals surface area (Å²) in [6, 6.07) is 1.16. The molecule has 3 rings (SSSR count). The summed E-state index contributed by atoms with van der Waals surface area (Å²) >= 11 is 0. The van der Waals surface area contributed by atoms with Crippen LogP contribution in [0.1, 0.15) is 32.7 Å². The number of aromatic amines is 1. The second-order valence-corrected chi connectivity index (χ2v) is 7.16. The number of carbonyl (C=O) groups is 2. The number of aryl methyl sites for hydroxylation is 1. The molecular formula is C19H17F6N7O2. The molecule has 2 aromatic rings. The highest BCUT2D eigenvalue weighted by molar-refractivity contribution is 6.00. The largest absolute Gasteiger partial charge is 0.416 e. The number of benzene rings is 1. The zero-order valence-corrected chi connectivity index (χ0v) is 17.5. The number of H-pyrrole nitrogens is 1. The van der Waals surface area contributed by atoms with E-state index in [9.17, 15) is 35.9 Å². The number of alkyl halides is 6. The van der Waals surface area contributed by atoms with E-state index in [0.717, 1.165) is 17.3 Å². The van der Waals surface area contributed by atoms with E-state index in [1.165, 1.54) is 18.1 Å². The number of hydrogen-bond donors (Lipinski definition) is 3. The minimum atomic E-state index is -5.00. The Morgan fingerprint density at radius 3 is 2.21 bits per heavy atom. The van der Waals surface area contributed by atoms with Crippen LogP contribution in [0, 0.1) is 6.92 Å². The lowest BCUT2D eigenvalue weighted by Gasteiger charge is -2.17. The minimum absolute atomic E-state index is 0.0281. The van der Waals surface area contributed by atoms with Crippen LogP contribution in [-0.2, 0) is 17.1 Å². The summed E-state index contributed by atoms with van der Waals surface area (Å²) in [4.78, 5) is 25.2. The SMILES string of the molecule is Cc1[nH]ncc1C(=O)NNC(=O)/C=C\N1CN(C)C(c2cc(C(F)(F)F)cc(C(F)(F)F)c2)=N1. The van der Waals surface area contributed by atoms with E-state index in [2.05, 4.69) is 26.2 Å². The van der Waals surface area contributed by atoms with Gasteiger partial charge in [-0.2, -0.15) is 36.5 Å². The van der Waals surface area contributed by atoms with Gasteiger partial charge in [-0.3, -0.25) is 30.5 Å². The van der Waals surface area contributed by atoms with Gasteiger partial charge in [0.25, 0.3) is 11.8 Å². The molecule has 0 unspecified atom stereocenters. The molecule has 1 aromatic heterocycles. The van der Waals surface area contributed by atoms with E-state index >= 15 is 0 Å². The lowest BCUT2D eigenvalue weighted by atomic mass is 10.0. The number of aromatic nitrogens is 2. The topological polar surface area (TPSA) is 106 Å². The first kappa shape index (κ1) is 24.6. The Morgan fingerprint density at radius 1 is 1.06 bits per heavy atom. The number of hydrogen-bond acceptors (Lipinski definition) is 6. The fraction of sp³-hybridized carbons (Fsp3) is 0.263. The van der Waals surface area contributed by atoms with Gasteiger partial charge >= 0.3 is 12.4 Å². The highest BCUT2D eigenvalue weighted by Gasteiger charge is 2.38. The maximum absolute atomic E-state index is 13.1. The van der Waals surface area contributed by atoms with Crippen LogP contribution in [0.2, 0.25) is 0 Å². The van der Waals surface area contributed by atoms with Gasteiger partial charge < -0.3 is 4.90 Å². The Labute approximate surface area is 188 Å². The van der Waals surface area contributed by atoms with Crippen LogP contribution >= 0.6 is 0 Å². The average Bonchev–Trinajstić information content (AvgIpc) is 3.34. The molecule has 2 heterocycles. The normalized spacial score (nSPS) is 14.5. The molecule has 1 aromatic carbocycles. The van der Waals surface area contributed by atoms with Crippen LogP contribution in [0.5, 0.6) is 0 Å². The van der Waals surface area contributed by atoms with Crippen molar-refractivity contribution in [2.75, 3.05) is 13.7 Å². The third-order valence-corrected chi connectivity index (χ3v) is 4.56. The second kappa shape index (κ2) is 9.07. The van der Waals surface area contributed by atoms with Gasteiger partial charge in [-0.25, -0.2) is 0 Å². The van der Waals surface area contributed by atoms with E-state index < -0.39 is 40.9 Å². The number of rotatable bonds is 4. The zero-order chi connectivity index (χ0) is 25.3. The highest BCUT2D eigenvalue weighted by Crippen LogP contribution is 2.36. The summed E-state index contributed by atoms with van der Waals surface area (Å²) < 4.78 is 78.8. The first-order chi connectivity index (χ1) is 15.8. The predicted molar refractivity (Wildman–Crippen MR) is 106 cm³/mol. The van der Waals surface area contributed by atoms with Gasteiger partial charge in [0, 0.05) is 30.6 Å². The molecular weight excluding hydrogens is 472 g/mol. The number of amides is 2. The van der Waals surface area contributed by atoms with Gasteiger partial charge in [0.1, 0.15) is 6.67 Å². The van der Waals surface area contributed by atoms with Crippen molar-refractivity contribution >= 4 is 17.6 Å². The fourth-order valence-electron chi connectivity index (χ4n) is 2.92. The summed E-state index contributed by atoms with van der Waals surface area (Å²) in [5.41, 5.74) is 1.63. The molecule has 182 valence electrons. The van der Waals surface area contributed by atoms with Crippen LogP contribution in [0.15, 0.2) is 41.8 Å². The molecule has 0 fully saturated rings. The van der Waals surface area contributed by atoms with Crippen molar-refractivity contribution in [1.29, 1.82) is 0 Å². The quantitative estimate of drug-likeness (QED) is 0.348. The molecule has 0 spiro atoms. The smallest absolute Gasteiger partial charge is 0.338 e. The number of amidine groups is 1. The Hall–Kier alpha value is -4.04. The number of carbonyl (C=O) groups excluding carboxylic acids is 2. The van der Waals surface area contributed by atoms with E-state index in [1.54, 1.807) is 6.92 Å². The average molecular weight is 489 g/mol. The molecule has 1 aliphatic rings. The fourth-order valence-corrected chi connectivity index (χ4v) is 2.92. The standard InChI is InChI=1S/C19H17F6N7O2/c1-10-14(8-26-27-10)17(34)29-28-15(33)3-4-32-9-31(2)16(30-32)11-5-12(18(20,21)22)7-13(6-11)19(23,24)25/h3-8H,9H2,1-2H3,(H,26,27)(H,28,33)(H,29,34)/b4-3-. The van der Waals surface area contributed by atoms with E-state index in [4.69, 9.17) is 0 Å². The maximum atomic E-state index is 13.1. The molecule has 0 saturated heterocycles. The molecule has 9 nitrogen and oxygen atoms in total. The lowest BCUT2D eigenvalue weighted by Crippen LogP contribution is -2.41. The third-order valence-electron chi connectivity index (χ3n) is 4.56. The van der Waals surface area contributed by atoms with Gasteiger partial charge in [0.15, 0.2) is 5.84 Å². The Morgan fingerprint density at radius 2 is 1.68 bits per heavy atom. The van der Waals surface area contributed by atoms with Crippen LogP contribution < -0.4 is 10.9 Å². The van der Waals surface area contributed by atoms with Crippen molar-refractivity contribution in [3.8, 4) is 0 Å². The van der Waals surface area contributed by atoms with Gasteiger partial charge in [-0.15, -0.1) is 0 Å². The summed E-state index contributed by atoms with van der Waals surface area (Å²) in [6.07, 6.45) is -6.61. The monoisotopic (exact) mass is 489 g/mol. The molecule has 1 aliphatic heterocycles. The molecule has 3 N–H and O–H groups in total.